The molecule has 0 aliphatic heterocycles. The first-order valence-corrected chi connectivity index (χ1v) is 10.5. The van der Waals surface area contributed by atoms with Crippen molar-refractivity contribution in [3.8, 4) is 16.9 Å². The Hall–Kier alpha value is -3.28. The monoisotopic (exact) mass is 420 g/mol. The number of nitrogens with zero attached hydrogens (tertiary/aromatic N) is 2. The van der Waals surface area contributed by atoms with Crippen molar-refractivity contribution in [2.75, 3.05) is 0 Å². The maximum Gasteiger partial charge on any atom is 0.306 e. The number of aromatic nitrogens is 2. The number of carboxylic acids is 1. The third-order valence-corrected chi connectivity index (χ3v) is 5.60. The van der Waals surface area contributed by atoms with Crippen molar-refractivity contribution >= 4 is 5.97 Å². The van der Waals surface area contributed by atoms with Gasteiger partial charge in [0, 0.05) is 29.4 Å². The molecule has 1 aromatic heterocycles. The van der Waals surface area contributed by atoms with E-state index in [1.807, 2.05) is 24.3 Å². The van der Waals surface area contributed by atoms with Crippen LogP contribution in [0.3, 0.4) is 0 Å². The van der Waals surface area contributed by atoms with Gasteiger partial charge in [-0.1, -0.05) is 25.1 Å². The molecule has 0 amide bonds. The van der Waals surface area contributed by atoms with E-state index < -0.39 is 5.97 Å². The number of halogens is 1. The second-order valence-electron chi connectivity index (χ2n) is 8.12. The maximum absolute atomic E-state index is 13.9. The second kappa shape index (κ2) is 9.25. The summed E-state index contributed by atoms with van der Waals surface area (Å²) in [7, 11) is 0. The average molecular weight is 420 g/mol. The number of rotatable bonds is 9. The lowest BCUT2D eigenvalue weighted by atomic mass is 10.0. The zero-order valence-electron chi connectivity index (χ0n) is 17.4. The molecule has 1 N–H and O–H groups in total. The molecule has 1 atom stereocenters. The summed E-state index contributed by atoms with van der Waals surface area (Å²) in [6.45, 7) is 1.92. The third-order valence-electron chi connectivity index (χ3n) is 5.60. The molecule has 5 nitrogen and oxygen atoms in total. The Morgan fingerprint density at radius 2 is 1.87 bits per heavy atom. The average Bonchev–Trinajstić information content (AvgIpc) is 3.62. The number of hydrogen-bond acceptors (Lipinski definition) is 4. The van der Waals surface area contributed by atoms with Gasteiger partial charge in [-0.3, -0.25) is 4.79 Å². The molecule has 1 heterocycles. The van der Waals surface area contributed by atoms with Crippen molar-refractivity contribution in [1.82, 2.24) is 9.97 Å². The highest BCUT2D eigenvalue weighted by Crippen LogP contribution is 2.38. The molecule has 0 bridgehead atoms. The highest BCUT2D eigenvalue weighted by Gasteiger charge is 2.26. The summed E-state index contributed by atoms with van der Waals surface area (Å²) < 4.78 is 19.8. The maximum atomic E-state index is 13.9. The molecule has 6 heteroatoms. The van der Waals surface area contributed by atoms with E-state index in [0.717, 1.165) is 40.9 Å². The molecule has 31 heavy (non-hydrogen) atoms. The number of benzene rings is 2. The minimum Gasteiger partial charge on any atom is -0.489 e. The molecule has 0 saturated heterocycles. The van der Waals surface area contributed by atoms with Gasteiger partial charge >= 0.3 is 5.97 Å². The van der Waals surface area contributed by atoms with Crippen molar-refractivity contribution in [2.24, 2.45) is 5.92 Å². The Morgan fingerprint density at radius 1 is 1.16 bits per heavy atom. The van der Waals surface area contributed by atoms with Crippen molar-refractivity contribution in [3.63, 3.8) is 0 Å². The molecule has 160 valence electrons. The minimum absolute atomic E-state index is 0.215. The molecule has 1 aliphatic carbocycles. The normalized spacial score (nSPS) is 14.3. The van der Waals surface area contributed by atoms with Gasteiger partial charge in [-0.05, 0) is 61.1 Å². The zero-order chi connectivity index (χ0) is 21.8. The van der Waals surface area contributed by atoms with Gasteiger partial charge in [0.15, 0.2) is 0 Å². The molecule has 4 rings (SSSR count). The van der Waals surface area contributed by atoms with Crippen LogP contribution in [0.4, 0.5) is 4.39 Å². The fourth-order valence-corrected chi connectivity index (χ4v) is 3.41. The molecule has 0 spiro atoms. The van der Waals surface area contributed by atoms with E-state index in [1.54, 1.807) is 25.4 Å². The van der Waals surface area contributed by atoms with E-state index >= 15 is 0 Å². The van der Waals surface area contributed by atoms with Crippen LogP contribution in [0, 0.1) is 11.7 Å². The Morgan fingerprint density at radius 3 is 2.52 bits per heavy atom. The second-order valence-corrected chi connectivity index (χ2v) is 8.12. The van der Waals surface area contributed by atoms with Gasteiger partial charge in [-0.15, -0.1) is 0 Å². The zero-order valence-corrected chi connectivity index (χ0v) is 17.4. The summed E-state index contributed by atoms with van der Waals surface area (Å²) in [5, 5.41) is 8.99. The van der Waals surface area contributed by atoms with E-state index in [0.29, 0.717) is 24.5 Å². The van der Waals surface area contributed by atoms with Crippen molar-refractivity contribution in [2.45, 2.75) is 45.1 Å². The van der Waals surface area contributed by atoms with Crippen LogP contribution in [-0.4, -0.2) is 21.0 Å². The molecule has 1 fully saturated rings. The van der Waals surface area contributed by atoms with Gasteiger partial charge in [0.05, 0.1) is 5.92 Å². The number of aliphatic carboxylic acids is 1. The highest BCUT2D eigenvalue weighted by molar-refractivity contribution is 5.69. The Labute approximate surface area is 180 Å². The third kappa shape index (κ3) is 5.45. The van der Waals surface area contributed by atoms with E-state index in [-0.39, 0.29) is 18.3 Å². The molecular formula is C25H25FN2O3. The lowest BCUT2D eigenvalue weighted by molar-refractivity contribution is -0.141. The first-order valence-electron chi connectivity index (χ1n) is 10.5. The molecule has 2 aromatic carbocycles. The van der Waals surface area contributed by atoms with Crippen LogP contribution >= 0.6 is 0 Å². The first kappa shape index (κ1) is 21.0. The fourth-order valence-electron chi connectivity index (χ4n) is 3.41. The molecule has 1 saturated carbocycles. The Kier molecular flexibility index (Phi) is 6.26. The summed E-state index contributed by atoms with van der Waals surface area (Å²) in [5.41, 5.74) is 3.47. The molecule has 3 aromatic rings. The standard InChI is InChI=1S/C25H25FN2O3/c1-16(25(29)30)2-3-17-4-9-22(10-5-17)31-15-19-12-21(26)8-11-23(19)20-13-27-24(28-14-20)18-6-7-18/h4-5,8-14,16,18H,2-3,6-7,15H2,1H3,(H,29,30). The van der Waals surface area contributed by atoms with E-state index in [1.165, 1.54) is 12.1 Å². The predicted octanol–water partition coefficient (Wildman–Crippen LogP) is 5.39. The quantitative estimate of drug-likeness (QED) is 0.502. The summed E-state index contributed by atoms with van der Waals surface area (Å²) in [4.78, 5) is 19.9. The van der Waals surface area contributed by atoms with Crippen LogP contribution in [0.5, 0.6) is 5.75 Å². The van der Waals surface area contributed by atoms with Crippen LogP contribution < -0.4 is 4.74 Å². The summed E-state index contributed by atoms with van der Waals surface area (Å²) in [6.07, 6.45) is 7.16. The number of hydrogen-bond donors (Lipinski definition) is 1. The number of aryl methyl sites for hydroxylation is 1. The fraction of sp³-hybridized carbons (Fsp3) is 0.320. The first-order chi connectivity index (χ1) is 15.0. The topological polar surface area (TPSA) is 72.3 Å². The van der Waals surface area contributed by atoms with Gasteiger partial charge in [0.1, 0.15) is 24.0 Å². The van der Waals surface area contributed by atoms with E-state index in [2.05, 4.69) is 9.97 Å². The van der Waals surface area contributed by atoms with Crippen molar-refractivity contribution < 1.29 is 19.0 Å². The predicted molar refractivity (Wildman–Crippen MR) is 115 cm³/mol. The van der Waals surface area contributed by atoms with Gasteiger partial charge in [-0.2, -0.15) is 0 Å². The SMILES string of the molecule is CC(CCc1ccc(OCc2cc(F)ccc2-c2cnc(C3CC3)nc2)cc1)C(=O)O. The van der Waals surface area contributed by atoms with Gasteiger partial charge in [0.2, 0.25) is 0 Å². The van der Waals surface area contributed by atoms with Crippen LogP contribution in [-0.2, 0) is 17.8 Å². The van der Waals surface area contributed by atoms with Crippen LogP contribution in [0.25, 0.3) is 11.1 Å². The number of carbonyl (C=O) groups is 1. The van der Waals surface area contributed by atoms with Crippen LogP contribution in [0.15, 0.2) is 54.9 Å². The molecular weight excluding hydrogens is 395 g/mol. The Bertz CT molecular complexity index is 1050. The summed E-state index contributed by atoms with van der Waals surface area (Å²) in [6, 6.07) is 12.2. The van der Waals surface area contributed by atoms with Crippen LogP contribution in [0.1, 0.15) is 49.1 Å². The minimum atomic E-state index is -0.779. The summed E-state index contributed by atoms with van der Waals surface area (Å²) >= 11 is 0. The lowest BCUT2D eigenvalue weighted by Gasteiger charge is -2.12. The molecule has 1 unspecified atom stereocenters. The number of ether oxygens (including phenoxy) is 1. The highest BCUT2D eigenvalue weighted by atomic mass is 19.1. The van der Waals surface area contributed by atoms with Gasteiger partial charge in [-0.25, -0.2) is 14.4 Å². The van der Waals surface area contributed by atoms with Gasteiger partial charge < -0.3 is 9.84 Å². The lowest BCUT2D eigenvalue weighted by Crippen LogP contribution is -2.10. The van der Waals surface area contributed by atoms with Gasteiger partial charge in [0.25, 0.3) is 0 Å². The smallest absolute Gasteiger partial charge is 0.306 e. The Balaban J connectivity index is 1.42. The van der Waals surface area contributed by atoms with E-state index in [9.17, 15) is 9.18 Å². The number of carboxylic acid groups (broad SMARTS) is 1. The molecule has 1 aliphatic rings. The van der Waals surface area contributed by atoms with Crippen molar-refractivity contribution in [1.29, 1.82) is 0 Å². The van der Waals surface area contributed by atoms with Crippen LogP contribution in [0.2, 0.25) is 0 Å². The summed E-state index contributed by atoms with van der Waals surface area (Å²) in [5.74, 6) is 0.566. The van der Waals surface area contributed by atoms with E-state index in [4.69, 9.17) is 9.84 Å². The molecule has 0 radical (unpaired) electrons. The van der Waals surface area contributed by atoms with Crippen molar-refractivity contribution in [3.05, 3.63) is 77.6 Å². The largest absolute Gasteiger partial charge is 0.489 e.